The van der Waals surface area contributed by atoms with Gasteiger partial charge in [-0.25, -0.2) is 9.18 Å². The van der Waals surface area contributed by atoms with Crippen molar-refractivity contribution in [2.45, 2.75) is 23.8 Å². The molecule has 1 amide bonds. The van der Waals surface area contributed by atoms with Gasteiger partial charge >= 0.3 is 11.9 Å². The SMILES string of the molecule is O=C(O)CC[C@H](NC(=O)CSc1ccc(F)cc1)C(=O)O. The van der Waals surface area contributed by atoms with Crippen molar-refractivity contribution in [3.8, 4) is 0 Å². The van der Waals surface area contributed by atoms with E-state index >= 15 is 0 Å². The summed E-state index contributed by atoms with van der Waals surface area (Å²) in [7, 11) is 0. The number of rotatable bonds is 8. The number of amides is 1. The van der Waals surface area contributed by atoms with Crippen molar-refractivity contribution in [2.24, 2.45) is 0 Å². The molecule has 6 nitrogen and oxygen atoms in total. The third kappa shape index (κ3) is 6.75. The average molecular weight is 315 g/mol. The van der Waals surface area contributed by atoms with E-state index in [2.05, 4.69) is 5.32 Å². The molecule has 0 aliphatic heterocycles. The van der Waals surface area contributed by atoms with Crippen LogP contribution in [0.1, 0.15) is 12.8 Å². The summed E-state index contributed by atoms with van der Waals surface area (Å²) >= 11 is 1.13. The first-order valence-corrected chi connectivity index (χ1v) is 6.99. The molecule has 0 aliphatic carbocycles. The van der Waals surface area contributed by atoms with Crippen molar-refractivity contribution in [3.63, 3.8) is 0 Å². The minimum atomic E-state index is -1.28. The minimum absolute atomic E-state index is 0.0392. The van der Waals surface area contributed by atoms with Gasteiger partial charge in [0.05, 0.1) is 5.75 Å². The number of thioether (sulfide) groups is 1. The van der Waals surface area contributed by atoms with Crippen LogP contribution >= 0.6 is 11.8 Å². The first-order valence-electron chi connectivity index (χ1n) is 6.01. The molecule has 21 heavy (non-hydrogen) atoms. The molecule has 0 radical (unpaired) electrons. The first-order chi connectivity index (χ1) is 9.88. The molecule has 0 heterocycles. The molecule has 1 aromatic carbocycles. The van der Waals surface area contributed by atoms with E-state index in [-0.39, 0.29) is 24.4 Å². The molecule has 114 valence electrons. The molecular weight excluding hydrogens is 301 g/mol. The van der Waals surface area contributed by atoms with E-state index in [0.29, 0.717) is 4.90 Å². The lowest BCUT2D eigenvalue weighted by molar-refractivity contribution is -0.142. The van der Waals surface area contributed by atoms with Gasteiger partial charge in [-0.1, -0.05) is 0 Å². The molecule has 0 aliphatic rings. The van der Waals surface area contributed by atoms with Gasteiger partial charge in [-0.15, -0.1) is 11.8 Å². The monoisotopic (exact) mass is 315 g/mol. The second kappa shape index (κ2) is 8.25. The quantitative estimate of drug-likeness (QED) is 0.626. The maximum absolute atomic E-state index is 12.7. The molecule has 0 fully saturated rings. The third-order valence-electron chi connectivity index (χ3n) is 2.46. The van der Waals surface area contributed by atoms with Crippen LogP contribution in [0.4, 0.5) is 4.39 Å². The zero-order valence-corrected chi connectivity index (χ0v) is 11.7. The highest BCUT2D eigenvalue weighted by Crippen LogP contribution is 2.17. The third-order valence-corrected chi connectivity index (χ3v) is 3.48. The van der Waals surface area contributed by atoms with Crippen molar-refractivity contribution in [1.82, 2.24) is 5.32 Å². The van der Waals surface area contributed by atoms with Gasteiger partial charge < -0.3 is 15.5 Å². The Kier molecular flexibility index (Phi) is 6.67. The number of carboxylic acids is 2. The lowest BCUT2D eigenvalue weighted by Crippen LogP contribution is -2.41. The highest BCUT2D eigenvalue weighted by molar-refractivity contribution is 8.00. The number of hydrogen-bond donors (Lipinski definition) is 3. The summed E-state index contributed by atoms with van der Waals surface area (Å²) in [4.78, 5) is 33.6. The van der Waals surface area contributed by atoms with Crippen molar-refractivity contribution in [2.75, 3.05) is 5.75 Å². The zero-order chi connectivity index (χ0) is 15.8. The molecule has 1 atom stereocenters. The zero-order valence-electron chi connectivity index (χ0n) is 10.9. The Morgan fingerprint density at radius 1 is 1.19 bits per heavy atom. The molecule has 0 unspecified atom stereocenters. The van der Waals surface area contributed by atoms with E-state index in [4.69, 9.17) is 10.2 Å². The molecule has 0 aromatic heterocycles. The van der Waals surface area contributed by atoms with Crippen molar-refractivity contribution < 1.29 is 29.0 Å². The number of nitrogens with one attached hydrogen (secondary N) is 1. The van der Waals surface area contributed by atoms with Crippen LogP contribution in [0.15, 0.2) is 29.2 Å². The fourth-order valence-corrected chi connectivity index (χ4v) is 2.15. The fraction of sp³-hybridized carbons (Fsp3) is 0.308. The number of aliphatic carboxylic acids is 2. The average Bonchev–Trinajstić information content (AvgIpc) is 2.42. The van der Waals surface area contributed by atoms with E-state index in [1.807, 2.05) is 0 Å². The largest absolute Gasteiger partial charge is 0.481 e. The van der Waals surface area contributed by atoms with Crippen LogP contribution in [0.5, 0.6) is 0 Å². The van der Waals surface area contributed by atoms with Crippen molar-refractivity contribution >= 4 is 29.6 Å². The highest BCUT2D eigenvalue weighted by Gasteiger charge is 2.20. The van der Waals surface area contributed by atoms with Crippen molar-refractivity contribution in [3.05, 3.63) is 30.1 Å². The topological polar surface area (TPSA) is 104 Å². The van der Waals surface area contributed by atoms with Gasteiger partial charge in [0.15, 0.2) is 0 Å². The van der Waals surface area contributed by atoms with Gasteiger partial charge in [0, 0.05) is 11.3 Å². The number of benzene rings is 1. The smallest absolute Gasteiger partial charge is 0.326 e. The maximum Gasteiger partial charge on any atom is 0.326 e. The summed E-state index contributed by atoms with van der Waals surface area (Å²) in [6.45, 7) is 0. The Bertz CT molecular complexity index is 520. The summed E-state index contributed by atoms with van der Waals surface area (Å²) in [5.41, 5.74) is 0. The van der Waals surface area contributed by atoms with Gasteiger partial charge in [-0.2, -0.15) is 0 Å². The lowest BCUT2D eigenvalue weighted by atomic mass is 10.1. The Hall–Kier alpha value is -2.09. The van der Waals surface area contributed by atoms with Crippen LogP contribution in [0.3, 0.4) is 0 Å². The molecular formula is C13H14FNO5S. The van der Waals surface area contributed by atoms with Gasteiger partial charge in [-0.3, -0.25) is 9.59 Å². The summed E-state index contributed by atoms with van der Waals surface area (Å²) < 4.78 is 12.7. The van der Waals surface area contributed by atoms with E-state index in [1.54, 1.807) is 0 Å². The van der Waals surface area contributed by atoms with E-state index in [9.17, 15) is 18.8 Å². The van der Waals surface area contributed by atoms with Crippen molar-refractivity contribution in [1.29, 1.82) is 0 Å². The van der Waals surface area contributed by atoms with Gasteiger partial charge in [-0.05, 0) is 30.7 Å². The maximum atomic E-state index is 12.7. The second-order valence-electron chi connectivity index (χ2n) is 4.13. The van der Waals surface area contributed by atoms with Crippen LogP contribution in [0.2, 0.25) is 0 Å². The second-order valence-corrected chi connectivity index (χ2v) is 5.18. The molecule has 0 saturated carbocycles. The van der Waals surface area contributed by atoms with Crippen LogP contribution in [0, 0.1) is 5.82 Å². The van der Waals surface area contributed by atoms with Crippen LogP contribution < -0.4 is 5.32 Å². The predicted molar refractivity (Wildman–Crippen MR) is 73.6 cm³/mol. The van der Waals surface area contributed by atoms with Crippen LogP contribution in [-0.4, -0.2) is 39.9 Å². The fourth-order valence-electron chi connectivity index (χ4n) is 1.44. The Balaban J connectivity index is 2.44. The molecule has 0 spiro atoms. The number of halogens is 1. The predicted octanol–water partition coefficient (Wildman–Crippen LogP) is 1.35. The number of carbonyl (C=O) groups excluding carboxylic acids is 1. The van der Waals surface area contributed by atoms with E-state index in [1.165, 1.54) is 24.3 Å². The Labute approximate surface area is 124 Å². The minimum Gasteiger partial charge on any atom is -0.481 e. The van der Waals surface area contributed by atoms with E-state index in [0.717, 1.165) is 11.8 Å². The number of carbonyl (C=O) groups is 3. The molecule has 3 N–H and O–H groups in total. The first kappa shape index (κ1) is 17.0. The Morgan fingerprint density at radius 2 is 1.81 bits per heavy atom. The Morgan fingerprint density at radius 3 is 2.33 bits per heavy atom. The standard InChI is InChI=1S/C13H14FNO5S/c14-8-1-3-9(4-2-8)21-7-11(16)15-10(13(19)20)5-6-12(17)18/h1-4,10H,5-7H2,(H,15,16)(H,17,18)(H,19,20)/t10-/m0/s1. The number of hydrogen-bond acceptors (Lipinski definition) is 4. The summed E-state index contributed by atoms with van der Waals surface area (Å²) in [5.74, 6) is -3.36. The van der Waals surface area contributed by atoms with Gasteiger partial charge in [0.25, 0.3) is 0 Å². The molecule has 1 rings (SSSR count). The van der Waals surface area contributed by atoms with Gasteiger partial charge in [0.2, 0.25) is 5.91 Å². The summed E-state index contributed by atoms with van der Waals surface area (Å²) in [6.07, 6.45) is -0.528. The van der Waals surface area contributed by atoms with E-state index < -0.39 is 23.9 Å². The molecule has 8 heteroatoms. The normalized spacial score (nSPS) is 11.7. The molecule has 1 aromatic rings. The van der Waals surface area contributed by atoms with Crippen LogP contribution in [0.25, 0.3) is 0 Å². The molecule has 0 bridgehead atoms. The summed E-state index contributed by atoms with van der Waals surface area (Å²) in [5, 5.41) is 19.7. The van der Waals surface area contributed by atoms with Gasteiger partial charge in [0.1, 0.15) is 11.9 Å². The number of carboxylic acid groups (broad SMARTS) is 2. The molecule has 0 saturated heterocycles. The lowest BCUT2D eigenvalue weighted by Gasteiger charge is -2.13. The summed E-state index contributed by atoms with van der Waals surface area (Å²) in [6, 6.07) is 4.29. The van der Waals surface area contributed by atoms with Crippen LogP contribution in [-0.2, 0) is 14.4 Å². The highest BCUT2D eigenvalue weighted by atomic mass is 32.2.